The lowest BCUT2D eigenvalue weighted by atomic mass is 10.1. The quantitative estimate of drug-likeness (QED) is 0.867. The third-order valence-electron chi connectivity index (χ3n) is 3.89. The maximum absolute atomic E-state index is 12.8. The average molecular weight is 377 g/mol. The molecule has 0 amide bonds. The van der Waals surface area contributed by atoms with E-state index in [2.05, 4.69) is 20.8 Å². The maximum atomic E-state index is 12.8. The highest BCUT2D eigenvalue weighted by Gasteiger charge is 2.32. The molecular formula is C14H21BrN2O3S. The van der Waals surface area contributed by atoms with Crippen molar-refractivity contribution in [3.05, 3.63) is 28.2 Å². The molecule has 1 aromatic carbocycles. The van der Waals surface area contributed by atoms with Crippen LogP contribution in [0.2, 0.25) is 0 Å². The summed E-state index contributed by atoms with van der Waals surface area (Å²) in [6.07, 6.45) is 1.87. The molecule has 1 fully saturated rings. The second-order valence-corrected chi connectivity index (χ2v) is 8.31. The van der Waals surface area contributed by atoms with Gasteiger partial charge in [-0.25, -0.2) is 8.42 Å². The molecule has 5 nitrogen and oxygen atoms in total. The Morgan fingerprint density at radius 2 is 2.14 bits per heavy atom. The summed E-state index contributed by atoms with van der Waals surface area (Å²) >= 11 is 3.31. The molecule has 0 saturated carbocycles. The Bertz CT molecular complexity index is 604. The smallest absolute Gasteiger partial charge is 0.244 e. The van der Waals surface area contributed by atoms with Crippen LogP contribution in [0.1, 0.15) is 18.4 Å². The molecule has 0 bridgehead atoms. The summed E-state index contributed by atoms with van der Waals surface area (Å²) in [4.78, 5) is 2.30. The summed E-state index contributed by atoms with van der Waals surface area (Å²) in [6, 6.07) is 5.17. The molecule has 0 spiro atoms. The molecule has 0 aliphatic carbocycles. The van der Waals surface area contributed by atoms with Crippen molar-refractivity contribution in [3.8, 4) is 0 Å². The van der Waals surface area contributed by atoms with Crippen molar-refractivity contribution in [1.29, 1.82) is 0 Å². The van der Waals surface area contributed by atoms with Crippen molar-refractivity contribution in [2.24, 2.45) is 0 Å². The monoisotopic (exact) mass is 376 g/mol. The summed E-state index contributed by atoms with van der Waals surface area (Å²) in [5.74, 6) is 0. The van der Waals surface area contributed by atoms with Crippen molar-refractivity contribution < 1.29 is 13.5 Å². The van der Waals surface area contributed by atoms with Crippen LogP contribution in [0.5, 0.6) is 0 Å². The molecule has 2 rings (SSSR count). The highest BCUT2D eigenvalue weighted by Crippen LogP contribution is 2.28. The molecule has 1 aliphatic heterocycles. The van der Waals surface area contributed by atoms with E-state index in [1.54, 1.807) is 22.5 Å². The standard InChI is InChI=1S/C14H21BrN2O3S/c1-16(2)12-4-3-7-17(9-12)21(19,20)14-8-11(10-18)5-6-13(14)15/h5-6,8,12,18H,3-4,7,9-10H2,1-2H3. The summed E-state index contributed by atoms with van der Waals surface area (Å²) in [5.41, 5.74) is 0.595. The zero-order valence-electron chi connectivity index (χ0n) is 12.3. The Hall–Kier alpha value is -0.470. The fourth-order valence-corrected chi connectivity index (χ4v) is 5.03. The molecule has 1 unspecified atom stereocenters. The minimum Gasteiger partial charge on any atom is -0.392 e. The number of hydrogen-bond acceptors (Lipinski definition) is 4. The maximum Gasteiger partial charge on any atom is 0.244 e. The molecule has 7 heteroatoms. The minimum absolute atomic E-state index is 0.171. The lowest BCUT2D eigenvalue weighted by molar-refractivity contribution is 0.190. The van der Waals surface area contributed by atoms with E-state index in [1.165, 1.54) is 0 Å². The first-order chi connectivity index (χ1) is 9.86. The number of likely N-dealkylation sites (N-methyl/N-ethyl adjacent to an activating group) is 1. The van der Waals surface area contributed by atoms with E-state index >= 15 is 0 Å². The number of rotatable bonds is 4. The van der Waals surface area contributed by atoms with Gasteiger partial charge in [0.25, 0.3) is 0 Å². The molecule has 1 heterocycles. The molecule has 1 atom stereocenters. The Morgan fingerprint density at radius 3 is 2.76 bits per heavy atom. The molecule has 0 radical (unpaired) electrons. The molecule has 1 saturated heterocycles. The SMILES string of the molecule is CN(C)C1CCCN(S(=O)(=O)c2cc(CO)ccc2Br)C1. The predicted octanol–water partition coefficient (Wildman–Crippen LogP) is 1.66. The van der Waals surface area contributed by atoms with Crippen LogP contribution < -0.4 is 0 Å². The van der Waals surface area contributed by atoms with Crippen molar-refractivity contribution in [3.63, 3.8) is 0 Å². The molecule has 1 aliphatic rings. The first-order valence-electron chi connectivity index (χ1n) is 6.92. The van der Waals surface area contributed by atoms with Crippen molar-refractivity contribution in [2.75, 3.05) is 27.2 Å². The number of piperidine rings is 1. The molecule has 21 heavy (non-hydrogen) atoms. The number of aliphatic hydroxyl groups is 1. The first kappa shape index (κ1) is 16.9. The molecule has 118 valence electrons. The van der Waals surface area contributed by atoms with Crippen molar-refractivity contribution >= 4 is 26.0 Å². The van der Waals surface area contributed by atoms with Gasteiger partial charge >= 0.3 is 0 Å². The minimum atomic E-state index is -3.54. The number of halogens is 1. The fourth-order valence-electron chi connectivity index (χ4n) is 2.54. The average Bonchev–Trinajstić information content (AvgIpc) is 2.47. The van der Waals surface area contributed by atoms with Gasteiger partial charge in [0.15, 0.2) is 0 Å². The largest absolute Gasteiger partial charge is 0.392 e. The normalized spacial score (nSPS) is 20.9. The zero-order chi connectivity index (χ0) is 15.6. The second-order valence-electron chi connectivity index (χ2n) is 5.55. The van der Waals surface area contributed by atoms with E-state index in [4.69, 9.17) is 0 Å². The van der Waals surface area contributed by atoms with E-state index in [1.807, 2.05) is 14.1 Å². The number of sulfonamides is 1. The molecular weight excluding hydrogens is 356 g/mol. The Balaban J connectivity index is 2.33. The lowest BCUT2D eigenvalue weighted by Crippen LogP contribution is -2.47. The predicted molar refractivity (Wildman–Crippen MR) is 85.5 cm³/mol. The highest BCUT2D eigenvalue weighted by molar-refractivity contribution is 9.10. The Kier molecular flexibility index (Phi) is 5.43. The van der Waals surface area contributed by atoms with Gasteiger partial charge in [0.2, 0.25) is 10.0 Å². The van der Waals surface area contributed by atoms with Crippen LogP contribution in [-0.4, -0.2) is 56.0 Å². The third-order valence-corrected chi connectivity index (χ3v) is 6.74. The van der Waals surface area contributed by atoms with Gasteiger partial charge in [-0.2, -0.15) is 4.31 Å². The van der Waals surface area contributed by atoms with Crippen LogP contribution in [-0.2, 0) is 16.6 Å². The lowest BCUT2D eigenvalue weighted by Gasteiger charge is -2.35. The van der Waals surface area contributed by atoms with Crippen LogP contribution in [0.25, 0.3) is 0 Å². The van der Waals surface area contributed by atoms with Gasteiger partial charge < -0.3 is 10.0 Å². The molecule has 1 N–H and O–H groups in total. The number of benzene rings is 1. The highest BCUT2D eigenvalue weighted by atomic mass is 79.9. The summed E-state index contributed by atoms with van der Waals surface area (Å²) in [7, 11) is 0.408. The van der Waals surface area contributed by atoms with Crippen molar-refractivity contribution in [1.82, 2.24) is 9.21 Å². The van der Waals surface area contributed by atoms with Gasteiger partial charge in [0.1, 0.15) is 0 Å². The Labute approximate surface area is 134 Å². The van der Waals surface area contributed by atoms with Gasteiger partial charge in [-0.3, -0.25) is 0 Å². The second kappa shape index (κ2) is 6.75. The number of nitrogens with zero attached hydrogens (tertiary/aromatic N) is 2. The van der Waals surface area contributed by atoms with Crippen LogP contribution in [0.3, 0.4) is 0 Å². The number of aliphatic hydroxyl groups excluding tert-OH is 1. The summed E-state index contributed by atoms with van der Waals surface area (Å²) < 4.78 is 27.8. The third kappa shape index (κ3) is 3.65. The van der Waals surface area contributed by atoms with Gasteiger partial charge in [-0.05, 0) is 60.6 Å². The van der Waals surface area contributed by atoms with Gasteiger partial charge in [-0.1, -0.05) is 6.07 Å². The van der Waals surface area contributed by atoms with E-state index < -0.39 is 10.0 Å². The van der Waals surface area contributed by atoms with Crippen LogP contribution >= 0.6 is 15.9 Å². The number of hydrogen-bond donors (Lipinski definition) is 1. The van der Waals surface area contributed by atoms with Gasteiger partial charge in [0.05, 0.1) is 11.5 Å². The zero-order valence-corrected chi connectivity index (χ0v) is 14.7. The first-order valence-corrected chi connectivity index (χ1v) is 9.15. The van der Waals surface area contributed by atoms with Gasteiger partial charge in [0, 0.05) is 23.6 Å². The molecule has 1 aromatic rings. The topological polar surface area (TPSA) is 60.9 Å². The summed E-state index contributed by atoms with van der Waals surface area (Å²) in [6.45, 7) is 0.879. The Morgan fingerprint density at radius 1 is 1.43 bits per heavy atom. The van der Waals surface area contributed by atoms with E-state index in [9.17, 15) is 13.5 Å². The van der Waals surface area contributed by atoms with Gasteiger partial charge in [-0.15, -0.1) is 0 Å². The van der Waals surface area contributed by atoms with E-state index in [0.29, 0.717) is 23.1 Å². The van der Waals surface area contributed by atoms with Crippen LogP contribution in [0.15, 0.2) is 27.6 Å². The van der Waals surface area contributed by atoms with E-state index in [0.717, 1.165) is 12.8 Å². The van der Waals surface area contributed by atoms with Crippen LogP contribution in [0.4, 0.5) is 0 Å². The van der Waals surface area contributed by atoms with Crippen LogP contribution in [0, 0.1) is 0 Å². The molecule has 0 aromatic heterocycles. The van der Waals surface area contributed by atoms with Crippen molar-refractivity contribution in [2.45, 2.75) is 30.4 Å². The fraction of sp³-hybridized carbons (Fsp3) is 0.571. The summed E-state index contributed by atoms with van der Waals surface area (Å²) in [5, 5.41) is 9.21. The van der Waals surface area contributed by atoms with E-state index in [-0.39, 0.29) is 17.5 Å².